The lowest BCUT2D eigenvalue weighted by molar-refractivity contribution is 0.104. The van der Waals surface area contributed by atoms with Gasteiger partial charge >= 0.3 is 0 Å². The Morgan fingerprint density at radius 1 is 1.11 bits per heavy atom. The first-order chi connectivity index (χ1) is 9.20. The fraction of sp³-hybridized carbons (Fsp3) is 0.0625. The lowest BCUT2D eigenvalue weighted by atomic mass is 10.1. The maximum absolute atomic E-state index is 11.8. The van der Waals surface area contributed by atoms with Crippen LogP contribution in [0.4, 0.5) is 0 Å². The number of hydrogen-bond acceptors (Lipinski definition) is 2. The third kappa shape index (κ3) is 3.22. The van der Waals surface area contributed by atoms with Crippen LogP contribution >= 0.6 is 0 Å². The van der Waals surface area contributed by atoms with E-state index in [1.165, 1.54) is 19.3 Å². The number of rotatable bonds is 4. The molecule has 0 bridgehead atoms. The number of benzene rings is 2. The van der Waals surface area contributed by atoms with E-state index < -0.39 is 0 Å². The van der Waals surface area contributed by atoms with Gasteiger partial charge in [-0.15, -0.1) is 0 Å². The number of ether oxygens (including phenoxy) is 1. The van der Waals surface area contributed by atoms with E-state index in [9.17, 15) is 9.90 Å². The lowest BCUT2D eigenvalue weighted by Crippen LogP contribution is -1.92. The maximum Gasteiger partial charge on any atom is 0.220 e. The molecule has 1 radical (unpaired) electrons. The zero-order valence-corrected chi connectivity index (χ0v) is 10.5. The summed E-state index contributed by atoms with van der Waals surface area (Å²) >= 11 is 0. The predicted octanol–water partition coefficient (Wildman–Crippen LogP) is 3.74. The van der Waals surface area contributed by atoms with Gasteiger partial charge in [0, 0.05) is 5.56 Å². The topological polar surface area (TPSA) is 46.2 Å². The van der Waals surface area contributed by atoms with E-state index >= 15 is 0 Å². The molecule has 19 heavy (non-hydrogen) atoms. The van der Waals surface area contributed by atoms with E-state index in [1.54, 1.807) is 30.3 Å². The Morgan fingerprint density at radius 2 is 1.84 bits per heavy atom. The van der Waals surface area contributed by atoms with Crippen molar-refractivity contribution >= 4 is 11.9 Å². The number of methoxy groups -OCH3 is 1. The zero-order valence-electron chi connectivity index (χ0n) is 10.5. The molecule has 2 aromatic rings. The van der Waals surface area contributed by atoms with Crippen LogP contribution in [0.15, 0.2) is 54.6 Å². The summed E-state index contributed by atoms with van der Waals surface area (Å²) in [5.74, 6) is 0.00668. The Bertz CT molecular complexity index is 601. The second-order valence-electron chi connectivity index (χ2n) is 3.97. The van der Waals surface area contributed by atoms with Crippen LogP contribution < -0.4 is 4.74 Å². The quantitative estimate of drug-likeness (QED) is 0.615. The normalized spacial score (nSPS) is 10.6. The zero-order chi connectivity index (χ0) is 13.7. The van der Waals surface area contributed by atoms with Crippen LogP contribution in [0.2, 0.25) is 0 Å². The van der Waals surface area contributed by atoms with Crippen LogP contribution in [0.3, 0.4) is 0 Å². The van der Waals surface area contributed by atoms with Crippen molar-refractivity contribution in [1.29, 1.82) is 0 Å². The summed E-state index contributed by atoms with van der Waals surface area (Å²) in [7, 11) is 1.45. The van der Waals surface area contributed by atoms with Gasteiger partial charge < -0.3 is 4.74 Å². The van der Waals surface area contributed by atoms with Crippen molar-refractivity contribution in [3.05, 3.63) is 65.7 Å². The van der Waals surface area contributed by atoms with Gasteiger partial charge in [0.25, 0.3) is 0 Å². The fourth-order valence-corrected chi connectivity index (χ4v) is 1.67. The Labute approximate surface area is 111 Å². The maximum atomic E-state index is 11.8. The van der Waals surface area contributed by atoms with Crippen LogP contribution in [0, 0.1) is 0 Å². The van der Waals surface area contributed by atoms with E-state index in [4.69, 9.17) is 4.74 Å². The Hall–Kier alpha value is -2.55. The minimum atomic E-state index is -0.197. The highest BCUT2D eigenvalue weighted by molar-refractivity contribution is 6.06. The summed E-state index contributed by atoms with van der Waals surface area (Å²) in [6.07, 6.45) is 3.08. The van der Waals surface area contributed by atoms with Gasteiger partial charge in [0.2, 0.25) is 5.75 Å². The summed E-state index contributed by atoms with van der Waals surface area (Å²) in [6.45, 7) is 0. The average molecular weight is 253 g/mol. The lowest BCUT2D eigenvalue weighted by Gasteiger charge is -2.01. The molecule has 0 saturated carbocycles. The van der Waals surface area contributed by atoms with Gasteiger partial charge in [0.05, 0.1) is 7.11 Å². The molecule has 95 valence electrons. The van der Waals surface area contributed by atoms with Crippen LogP contribution in [0.25, 0.3) is 6.08 Å². The average Bonchev–Trinajstić information content (AvgIpc) is 2.46. The summed E-state index contributed by atoms with van der Waals surface area (Å²) < 4.78 is 4.89. The van der Waals surface area contributed by atoms with E-state index in [2.05, 4.69) is 0 Å². The van der Waals surface area contributed by atoms with Gasteiger partial charge in [-0.2, -0.15) is 0 Å². The minimum Gasteiger partial charge on any atom is -0.493 e. The molecule has 0 saturated heterocycles. The number of carbonyl (C=O) groups is 1. The van der Waals surface area contributed by atoms with Crippen molar-refractivity contribution in [1.82, 2.24) is 0 Å². The Balaban J connectivity index is 2.15. The smallest absolute Gasteiger partial charge is 0.220 e. The second kappa shape index (κ2) is 5.87. The van der Waals surface area contributed by atoms with Gasteiger partial charge in [0.15, 0.2) is 11.5 Å². The summed E-state index contributed by atoms with van der Waals surface area (Å²) in [5.41, 5.74) is 1.30. The molecule has 0 N–H and O–H groups in total. The molecule has 2 aromatic carbocycles. The molecule has 0 aliphatic carbocycles. The van der Waals surface area contributed by atoms with Crippen LogP contribution in [0.5, 0.6) is 11.5 Å². The number of allylic oxidation sites excluding steroid dienone is 1. The van der Waals surface area contributed by atoms with Gasteiger partial charge in [-0.25, -0.2) is 0 Å². The van der Waals surface area contributed by atoms with E-state index in [1.807, 2.05) is 18.2 Å². The van der Waals surface area contributed by atoms with Gasteiger partial charge in [-0.05, 0) is 23.8 Å². The molecule has 0 aliphatic heterocycles. The summed E-state index contributed by atoms with van der Waals surface area (Å²) in [5, 5.41) is 11.5. The molecule has 0 amide bonds. The van der Waals surface area contributed by atoms with Crippen molar-refractivity contribution in [2.75, 3.05) is 7.11 Å². The second-order valence-corrected chi connectivity index (χ2v) is 3.97. The molecule has 3 nitrogen and oxygen atoms in total. The van der Waals surface area contributed by atoms with E-state index in [0.717, 1.165) is 0 Å². The molecule has 0 aromatic heterocycles. The Morgan fingerprint density at radius 3 is 2.47 bits per heavy atom. The molecule has 3 heteroatoms. The van der Waals surface area contributed by atoms with E-state index in [0.29, 0.717) is 16.9 Å². The molecule has 2 rings (SSSR count). The predicted molar refractivity (Wildman–Crippen MR) is 72.9 cm³/mol. The largest absolute Gasteiger partial charge is 0.493 e. The van der Waals surface area contributed by atoms with Gasteiger partial charge in [0.1, 0.15) is 0 Å². The van der Waals surface area contributed by atoms with Crippen molar-refractivity contribution in [3.8, 4) is 11.5 Å². The van der Waals surface area contributed by atoms with Crippen LogP contribution in [-0.2, 0) is 5.11 Å². The first-order valence-corrected chi connectivity index (χ1v) is 5.83. The molecular weight excluding hydrogens is 240 g/mol. The molecule has 0 spiro atoms. The highest BCUT2D eigenvalue weighted by Gasteiger charge is 2.03. The van der Waals surface area contributed by atoms with E-state index in [-0.39, 0.29) is 11.5 Å². The Kier molecular flexibility index (Phi) is 3.98. The summed E-state index contributed by atoms with van der Waals surface area (Å²) in [6, 6.07) is 13.7. The standard InChI is InChI=1S/C16H13O3/c1-19-16-10-8-12(11-15(16)18)7-9-14(17)13-5-3-2-4-6-13/h2-11H,1H3/b9-7+. The monoisotopic (exact) mass is 253 g/mol. The van der Waals surface area contributed by atoms with Crippen molar-refractivity contribution in [2.24, 2.45) is 0 Å². The van der Waals surface area contributed by atoms with Crippen molar-refractivity contribution in [3.63, 3.8) is 0 Å². The first kappa shape index (κ1) is 12.9. The molecule has 0 aliphatic rings. The number of carbonyl (C=O) groups excluding carboxylic acids is 1. The fourth-order valence-electron chi connectivity index (χ4n) is 1.67. The number of hydrogen-bond donors (Lipinski definition) is 0. The van der Waals surface area contributed by atoms with Crippen LogP contribution in [-0.4, -0.2) is 12.9 Å². The third-order valence-electron chi connectivity index (χ3n) is 2.67. The molecular formula is C16H13O3. The summed E-state index contributed by atoms with van der Waals surface area (Å²) in [4.78, 5) is 11.8. The molecule has 0 heterocycles. The SMILES string of the molecule is COc1ccc(/C=C/C(=O)c2ccccc2)cc1[O]. The molecule has 0 atom stereocenters. The van der Waals surface area contributed by atoms with Crippen molar-refractivity contribution < 1.29 is 14.6 Å². The molecule has 0 unspecified atom stereocenters. The van der Waals surface area contributed by atoms with Gasteiger partial charge in [-0.1, -0.05) is 42.5 Å². The highest BCUT2D eigenvalue weighted by Crippen LogP contribution is 2.27. The third-order valence-corrected chi connectivity index (χ3v) is 2.67. The van der Waals surface area contributed by atoms with Crippen LogP contribution in [0.1, 0.15) is 15.9 Å². The van der Waals surface area contributed by atoms with Crippen molar-refractivity contribution in [2.45, 2.75) is 0 Å². The first-order valence-electron chi connectivity index (χ1n) is 5.83. The highest BCUT2D eigenvalue weighted by atomic mass is 16.5. The van der Waals surface area contributed by atoms with Gasteiger partial charge in [-0.3, -0.25) is 9.90 Å². The minimum absolute atomic E-state index is 0.0936. The number of ketones is 1. The molecule has 0 fully saturated rings.